The molecule has 1 saturated carbocycles. The van der Waals surface area contributed by atoms with Gasteiger partial charge in [-0.1, -0.05) is 18.2 Å². The Morgan fingerprint density at radius 1 is 1.22 bits per heavy atom. The van der Waals surface area contributed by atoms with Gasteiger partial charge in [-0.2, -0.15) is 0 Å². The predicted octanol–water partition coefficient (Wildman–Crippen LogP) is 0.145. The molecule has 3 aliphatic heterocycles. The largest absolute Gasteiger partial charge is 0.322 e. The quantitative estimate of drug-likeness (QED) is 0.644. The van der Waals surface area contributed by atoms with Crippen LogP contribution in [0.3, 0.4) is 0 Å². The summed E-state index contributed by atoms with van der Waals surface area (Å²) >= 11 is 0. The van der Waals surface area contributed by atoms with E-state index in [0.29, 0.717) is 25.4 Å². The lowest BCUT2D eigenvalue weighted by atomic mass is 10.0. The molecule has 2 saturated heterocycles. The van der Waals surface area contributed by atoms with E-state index >= 15 is 0 Å². The molecule has 0 radical (unpaired) electrons. The van der Waals surface area contributed by atoms with Crippen molar-refractivity contribution in [3.05, 3.63) is 34.9 Å². The number of rotatable bonds is 5. The lowest BCUT2D eigenvalue weighted by Gasteiger charge is -2.29. The van der Waals surface area contributed by atoms with Crippen LogP contribution in [0.5, 0.6) is 0 Å². The van der Waals surface area contributed by atoms with Gasteiger partial charge in [0.05, 0.1) is 0 Å². The Bertz CT molecular complexity index is 823. The molecular weight excluding hydrogens is 344 g/mol. The number of amides is 3. The van der Waals surface area contributed by atoms with E-state index in [4.69, 9.17) is 0 Å². The van der Waals surface area contributed by atoms with E-state index in [1.807, 2.05) is 18.2 Å². The summed E-state index contributed by atoms with van der Waals surface area (Å²) in [5, 5.41) is 9.40. The average molecular weight is 368 g/mol. The lowest BCUT2D eigenvalue weighted by molar-refractivity contribution is -0.136. The fourth-order valence-electron chi connectivity index (χ4n) is 4.88. The van der Waals surface area contributed by atoms with Crippen LogP contribution in [-0.2, 0) is 22.7 Å². The second-order valence-corrected chi connectivity index (χ2v) is 8.16. The van der Waals surface area contributed by atoms with Gasteiger partial charge >= 0.3 is 0 Å². The minimum atomic E-state index is -0.556. The molecule has 27 heavy (non-hydrogen) atoms. The molecule has 1 aliphatic carbocycles. The molecule has 142 valence electrons. The van der Waals surface area contributed by atoms with Crippen LogP contribution < -0.4 is 16.0 Å². The van der Waals surface area contributed by atoms with Crippen LogP contribution in [0.25, 0.3) is 0 Å². The van der Waals surface area contributed by atoms with Gasteiger partial charge in [0, 0.05) is 31.1 Å². The summed E-state index contributed by atoms with van der Waals surface area (Å²) in [5.41, 5.74) is 2.68. The van der Waals surface area contributed by atoms with Crippen LogP contribution in [0.1, 0.15) is 40.7 Å². The van der Waals surface area contributed by atoms with E-state index in [-0.39, 0.29) is 24.1 Å². The van der Waals surface area contributed by atoms with Crippen LogP contribution in [0, 0.1) is 11.8 Å². The summed E-state index contributed by atoms with van der Waals surface area (Å²) < 4.78 is 0. The molecule has 7 heteroatoms. The molecule has 7 nitrogen and oxygen atoms in total. The molecule has 5 rings (SSSR count). The number of benzene rings is 1. The Kier molecular flexibility index (Phi) is 4.02. The van der Waals surface area contributed by atoms with Gasteiger partial charge in [-0.25, -0.2) is 0 Å². The van der Waals surface area contributed by atoms with Gasteiger partial charge in [0.25, 0.3) is 5.91 Å². The summed E-state index contributed by atoms with van der Waals surface area (Å²) in [4.78, 5) is 38.2. The van der Waals surface area contributed by atoms with E-state index in [9.17, 15) is 14.4 Å². The molecule has 1 aromatic rings. The first kappa shape index (κ1) is 16.9. The highest BCUT2D eigenvalue weighted by Crippen LogP contribution is 2.41. The first-order chi connectivity index (χ1) is 13.1. The molecule has 3 amide bonds. The molecule has 3 N–H and O–H groups in total. The minimum Gasteiger partial charge on any atom is -0.322 e. The zero-order chi connectivity index (χ0) is 18.5. The number of nitrogens with one attached hydrogen (secondary N) is 3. The number of piperidine rings is 2. The first-order valence-corrected chi connectivity index (χ1v) is 9.81. The van der Waals surface area contributed by atoms with Gasteiger partial charge in [-0.3, -0.25) is 19.7 Å². The normalized spacial score (nSPS) is 31.7. The van der Waals surface area contributed by atoms with Gasteiger partial charge in [-0.05, 0) is 48.9 Å². The molecule has 0 aromatic heterocycles. The number of nitrogens with zero attached hydrogens (tertiary/aromatic N) is 1. The van der Waals surface area contributed by atoms with E-state index < -0.39 is 6.04 Å². The number of hydrogen-bond donors (Lipinski definition) is 3. The number of imide groups is 1. The van der Waals surface area contributed by atoms with Crippen molar-refractivity contribution in [2.24, 2.45) is 11.8 Å². The summed E-state index contributed by atoms with van der Waals surface area (Å²) in [6, 6.07) is 6.11. The van der Waals surface area contributed by atoms with Gasteiger partial charge in [0.2, 0.25) is 11.8 Å². The third-order valence-corrected chi connectivity index (χ3v) is 6.45. The summed E-state index contributed by atoms with van der Waals surface area (Å²) in [7, 11) is 0. The summed E-state index contributed by atoms with van der Waals surface area (Å²) in [5.74, 6) is 0.789. The molecule has 0 spiro atoms. The Balaban J connectivity index is 1.27. The minimum absolute atomic E-state index is 0.0957. The first-order valence-electron chi connectivity index (χ1n) is 9.81. The smallest absolute Gasteiger partial charge is 0.255 e. The Morgan fingerprint density at radius 2 is 2.11 bits per heavy atom. The van der Waals surface area contributed by atoms with Crippen LogP contribution >= 0.6 is 0 Å². The third kappa shape index (κ3) is 2.95. The third-order valence-electron chi connectivity index (χ3n) is 6.45. The van der Waals surface area contributed by atoms with Gasteiger partial charge in [0.15, 0.2) is 0 Å². The second-order valence-electron chi connectivity index (χ2n) is 8.16. The van der Waals surface area contributed by atoms with E-state index in [0.717, 1.165) is 41.7 Å². The lowest BCUT2D eigenvalue weighted by Crippen LogP contribution is -2.52. The standard InChI is InChI=1S/C20H24N4O3/c25-17-5-4-16(19(26)23-17)24-10-12-3-1-2-11(18(12)20(24)27)7-21-8-13-9-22-15-6-14(13)15/h1-3,13-16,21-22H,4-10H2,(H,23,25,26). The van der Waals surface area contributed by atoms with E-state index in [2.05, 4.69) is 16.0 Å². The second kappa shape index (κ2) is 6.42. The SMILES string of the molecule is O=C1CCC(N2Cc3cccc(CNCC4CNC5CC45)c3C2=O)C(=O)N1. The average Bonchev–Trinajstić information content (AvgIpc) is 3.21. The maximum Gasteiger partial charge on any atom is 0.255 e. The fourth-order valence-corrected chi connectivity index (χ4v) is 4.88. The molecule has 4 atom stereocenters. The van der Waals surface area contributed by atoms with Crippen molar-refractivity contribution >= 4 is 17.7 Å². The van der Waals surface area contributed by atoms with E-state index in [1.54, 1.807) is 4.90 Å². The van der Waals surface area contributed by atoms with Crippen molar-refractivity contribution in [2.75, 3.05) is 13.1 Å². The van der Waals surface area contributed by atoms with Gasteiger partial charge in [0.1, 0.15) is 6.04 Å². The molecule has 1 aromatic carbocycles. The topological polar surface area (TPSA) is 90.5 Å². The van der Waals surface area contributed by atoms with Crippen LogP contribution in [0.2, 0.25) is 0 Å². The van der Waals surface area contributed by atoms with Crippen molar-refractivity contribution in [1.82, 2.24) is 20.9 Å². The number of carbonyl (C=O) groups excluding carboxylic acids is 3. The molecule has 4 unspecified atom stereocenters. The highest BCUT2D eigenvalue weighted by molar-refractivity contribution is 6.05. The highest BCUT2D eigenvalue weighted by Gasteiger charge is 2.47. The molecule has 3 heterocycles. The van der Waals surface area contributed by atoms with Crippen molar-refractivity contribution in [3.8, 4) is 0 Å². The van der Waals surface area contributed by atoms with Crippen LogP contribution in [-0.4, -0.2) is 47.8 Å². The Labute approximate surface area is 157 Å². The predicted molar refractivity (Wildman–Crippen MR) is 97.6 cm³/mol. The van der Waals surface area contributed by atoms with Crippen LogP contribution in [0.15, 0.2) is 18.2 Å². The zero-order valence-corrected chi connectivity index (χ0v) is 15.2. The van der Waals surface area contributed by atoms with Crippen molar-refractivity contribution in [2.45, 2.75) is 44.4 Å². The van der Waals surface area contributed by atoms with Gasteiger partial charge < -0.3 is 15.5 Å². The van der Waals surface area contributed by atoms with Crippen LogP contribution in [0.4, 0.5) is 0 Å². The molecule has 3 fully saturated rings. The van der Waals surface area contributed by atoms with E-state index in [1.165, 1.54) is 6.42 Å². The highest BCUT2D eigenvalue weighted by atomic mass is 16.2. The number of hydrogen-bond acceptors (Lipinski definition) is 5. The zero-order valence-electron chi connectivity index (χ0n) is 15.2. The fraction of sp³-hybridized carbons (Fsp3) is 0.550. The summed E-state index contributed by atoms with van der Waals surface area (Å²) in [6.07, 6.45) is 1.98. The van der Waals surface area contributed by atoms with Crippen molar-refractivity contribution in [1.29, 1.82) is 0 Å². The number of fused-ring (bicyclic) bond motifs is 2. The Hall–Kier alpha value is -2.25. The van der Waals surface area contributed by atoms with Gasteiger partial charge in [-0.15, -0.1) is 0 Å². The molecular formula is C20H24N4O3. The molecule has 0 bridgehead atoms. The maximum atomic E-state index is 13.0. The molecule has 4 aliphatic rings. The summed E-state index contributed by atoms with van der Waals surface area (Å²) in [6.45, 7) is 3.14. The number of carbonyl (C=O) groups is 3. The Morgan fingerprint density at radius 3 is 2.85 bits per heavy atom. The van der Waals surface area contributed by atoms with Crippen molar-refractivity contribution < 1.29 is 14.4 Å². The van der Waals surface area contributed by atoms with Crippen molar-refractivity contribution in [3.63, 3.8) is 0 Å². The monoisotopic (exact) mass is 368 g/mol. The maximum absolute atomic E-state index is 13.0.